The van der Waals surface area contributed by atoms with Crippen LogP contribution in [0.15, 0.2) is 36.4 Å². The van der Waals surface area contributed by atoms with Crippen molar-refractivity contribution in [2.75, 3.05) is 5.73 Å². The Bertz CT molecular complexity index is 749. The molecule has 21 heavy (non-hydrogen) atoms. The Morgan fingerprint density at radius 2 is 2.00 bits per heavy atom. The summed E-state index contributed by atoms with van der Waals surface area (Å²) in [6.07, 6.45) is 0. The maximum absolute atomic E-state index is 13.4. The van der Waals surface area contributed by atoms with Gasteiger partial charge in [-0.05, 0) is 59.3 Å². The minimum Gasteiger partial charge on any atom is -0.398 e. The van der Waals surface area contributed by atoms with Gasteiger partial charge in [-0.15, -0.1) is 5.10 Å². The van der Waals surface area contributed by atoms with Crippen molar-refractivity contribution < 1.29 is 4.39 Å². The van der Waals surface area contributed by atoms with Crippen LogP contribution in [0.4, 0.5) is 10.1 Å². The number of aryl methyl sites for hydroxylation is 1. The fourth-order valence-corrected chi connectivity index (χ4v) is 2.15. The third-order valence-corrected chi connectivity index (χ3v) is 3.44. The fraction of sp³-hybridized carbons (Fsp3) is 0.0714. The van der Waals surface area contributed by atoms with Crippen LogP contribution >= 0.6 is 11.6 Å². The Morgan fingerprint density at radius 3 is 2.71 bits per heavy atom. The second-order valence-corrected chi connectivity index (χ2v) is 4.99. The molecule has 0 saturated heterocycles. The molecular weight excluding hydrogens is 293 g/mol. The van der Waals surface area contributed by atoms with Crippen molar-refractivity contribution in [3.05, 3.63) is 52.8 Å². The van der Waals surface area contributed by atoms with Gasteiger partial charge in [-0.2, -0.15) is 4.68 Å². The number of rotatable bonds is 2. The van der Waals surface area contributed by atoms with E-state index < -0.39 is 0 Å². The predicted octanol–water partition coefficient (Wildman–Crippen LogP) is 3.01. The maximum atomic E-state index is 13.4. The first kappa shape index (κ1) is 13.5. The molecular formula is C14H11ClFN5. The number of nitrogens with zero attached hydrogens (tertiary/aromatic N) is 4. The fourth-order valence-electron chi connectivity index (χ4n) is 1.97. The highest BCUT2D eigenvalue weighted by Gasteiger charge is 2.12. The highest BCUT2D eigenvalue weighted by atomic mass is 35.5. The van der Waals surface area contributed by atoms with E-state index in [1.807, 2.05) is 0 Å². The van der Waals surface area contributed by atoms with Crippen molar-refractivity contribution in [2.45, 2.75) is 6.92 Å². The standard InChI is InChI=1S/C14H11ClFN5/c1-8-6-10(3-4-12(8)16)21-14(18-19-20-21)9-2-5-13(17)11(15)7-9/h2-7H,17H2,1H3. The highest BCUT2D eigenvalue weighted by molar-refractivity contribution is 6.33. The lowest BCUT2D eigenvalue weighted by molar-refractivity contribution is 0.617. The van der Waals surface area contributed by atoms with Crippen molar-refractivity contribution in [1.29, 1.82) is 0 Å². The Hall–Kier alpha value is -2.47. The summed E-state index contributed by atoms with van der Waals surface area (Å²) in [5, 5.41) is 12.0. The second-order valence-electron chi connectivity index (χ2n) is 4.58. The van der Waals surface area contributed by atoms with Gasteiger partial charge in [-0.3, -0.25) is 0 Å². The van der Waals surface area contributed by atoms with Crippen LogP contribution in [0.25, 0.3) is 17.1 Å². The molecule has 1 aromatic heterocycles. The van der Waals surface area contributed by atoms with Gasteiger partial charge in [0.1, 0.15) is 5.82 Å². The smallest absolute Gasteiger partial charge is 0.187 e. The van der Waals surface area contributed by atoms with Gasteiger partial charge in [-0.25, -0.2) is 4.39 Å². The lowest BCUT2D eigenvalue weighted by atomic mass is 10.1. The molecule has 2 aromatic carbocycles. The van der Waals surface area contributed by atoms with Gasteiger partial charge < -0.3 is 5.73 Å². The van der Waals surface area contributed by atoms with Crippen LogP contribution in [-0.2, 0) is 0 Å². The molecule has 0 aliphatic heterocycles. The van der Waals surface area contributed by atoms with Gasteiger partial charge in [0.05, 0.1) is 16.4 Å². The number of benzene rings is 2. The third-order valence-electron chi connectivity index (χ3n) is 3.11. The molecule has 7 heteroatoms. The molecule has 0 radical (unpaired) electrons. The van der Waals surface area contributed by atoms with Gasteiger partial charge in [0.2, 0.25) is 0 Å². The lowest BCUT2D eigenvalue weighted by Crippen LogP contribution is -2.01. The van der Waals surface area contributed by atoms with E-state index in [-0.39, 0.29) is 5.82 Å². The molecule has 0 unspecified atom stereocenters. The summed E-state index contributed by atoms with van der Waals surface area (Å²) in [6, 6.07) is 9.82. The number of anilines is 1. The summed E-state index contributed by atoms with van der Waals surface area (Å²) >= 11 is 6.02. The normalized spacial score (nSPS) is 10.8. The van der Waals surface area contributed by atoms with E-state index in [4.69, 9.17) is 17.3 Å². The number of halogens is 2. The number of tetrazole rings is 1. The number of nitrogen functional groups attached to an aromatic ring is 1. The van der Waals surface area contributed by atoms with Crippen LogP contribution in [0, 0.1) is 12.7 Å². The monoisotopic (exact) mass is 303 g/mol. The van der Waals surface area contributed by atoms with E-state index in [0.717, 1.165) is 5.56 Å². The summed E-state index contributed by atoms with van der Waals surface area (Å²) < 4.78 is 14.9. The molecule has 3 rings (SSSR count). The number of nitrogens with two attached hydrogens (primary N) is 1. The van der Waals surface area contributed by atoms with Crippen LogP contribution in [0.2, 0.25) is 5.02 Å². The van der Waals surface area contributed by atoms with E-state index in [2.05, 4.69) is 15.5 Å². The highest BCUT2D eigenvalue weighted by Crippen LogP contribution is 2.26. The number of hydrogen-bond donors (Lipinski definition) is 1. The summed E-state index contributed by atoms with van der Waals surface area (Å²) in [5.41, 5.74) is 8.09. The minimum absolute atomic E-state index is 0.274. The minimum atomic E-state index is -0.274. The largest absolute Gasteiger partial charge is 0.398 e. The molecule has 0 saturated carbocycles. The molecule has 106 valence electrons. The van der Waals surface area contributed by atoms with Gasteiger partial charge in [0.15, 0.2) is 5.82 Å². The van der Waals surface area contributed by atoms with Crippen LogP contribution in [0.1, 0.15) is 5.56 Å². The third kappa shape index (κ3) is 2.45. The van der Waals surface area contributed by atoms with Gasteiger partial charge in [-0.1, -0.05) is 11.6 Å². The molecule has 0 bridgehead atoms. The summed E-state index contributed by atoms with van der Waals surface area (Å²) in [6.45, 7) is 1.68. The van der Waals surface area contributed by atoms with Gasteiger partial charge in [0, 0.05) is 5.56 Å². The van der Waals surface area contributed by atoms with Crippen LogP contribution < -0.4 is 5.73 Å². The first-order valence-corrected chi connectivity index (χ1v) is 6.54. The molecule has 0 spiro atoms. The molecule has 0 aliphatic rings. The summed E-state index contributed by atoms with van der Waals surface area (Å²) in [5.74, 6) is 0.229. The second kappa shape index (κ2) is 5.14. The maximum Gasteiger partial charge on any atom is 0.187 e. The molecule has 0 fully saturated rings. The van der Waals surface area contributed by atoms with Gasteiger partial charge in [0.25, 0.3) is 0 Å². The summed E-state index contributed by atoms with van der Waals surface area (Å²) in [7, 11) is 0. The molecule has 0 atom stereocenters. The van der Waals surface area contributed by atoms with Crippen LogP contribution in [0.5, 0.6) is 0 Å². The number of hydrogen-bond acceptors (Lipinski definition) is 4. The zero-order chi connectivity index (χ0) is 15.0. The van der Waals surface area contributed by atoms with Crippen molar-refractivity contribution >= 4 is 17.3 Å². The average molecular weight is 304 g/mol. The SMILES string of the molecule is Cc1cc(-n2nnnc2-c2ccc(N)c(Cl)c2)ccc1F. The Balaban J connectivity index is 2.12. The van der Waals surface area contributed by atoms with E-state index in [1.165, 1.54) is 10.7 Å². The van der Waals surface area contributed by atoms with E-state index in [1.54, 1.807) is 37.3 Å². The predicted molar refractivity (Wildman–Crippen MR) is 78.7 cm³/mol. The van der Waals surface area contributed by atoms with Crippen molar-refractivity contribution in [3.8, 4) is 17.1 Å². The zero-order valence-electron chi connectivity index (χ0n) is 11.1. The van der Waals surface area contributed by atoms with Crippen molar-refractivity contribution in [3.63, 3.8) is 0 Å². The van der Waals surface area contributed by atoms with E-state index in [9.17, 15) is 4.39 Å². The van der Waals surface area contributed by atoms with E-state index in [0.29, 0.717) is 27.8 Å². The van der Waals surface area contributed by atoms with Crippen molar-refractivity contribution in [1.82, 2.24) is 20.2 Å². The lowest BCUT2D eigenvalue weighted by Gasteiger charge is -2.07. The van der Waals surface area contributed by atoms with Gasteiger partial charge >= 0.3 is 0 Å². The molecule has 5 nitrogen and oxygen atoms in total. The topological polar surface area (TPSA) is 69.6 Å². The van der Waals surface area contributed by atoms with Crippen molar-refractivity contribution in [2.24, 2.45) is 0 Å². The Morgan fingerprint density at radius 1 is 1.19 bits per heavy atom. The average Bonchev–Trinajstić information content (AvgIpc) is 2.94. The van der Waals surface area contributed by atoms with E-state index >= 15 is 0 Å². The molecule has 3 aromatic rings. The van der Waals surface area contributed by atoms with Crippen LogP contribution in [0.3, 0.4) is 0 Å². The number of aromatic nitrogens is 4. The Kier molecular flexibility index (Phi) is 3.31. The summed E-state index contributed by atoms with van der Waals surface area (Å²) in [4.78, 5) is 0. The quantitative estimate of drug-likeness (QED) is 0.739. The molecule has 0 aliphatic carbocycles. The zero-order valence-corrected chi connectivity index (χ0v) is 11.8. The first-order chi connectivity index (χ1) is 10.1. The Labute approximate surface area is 125 Å². The molecule has 0 amide bonds. The first-order valence-electron chi connectivity index (χ1n) is 6.16. The van der Waals surface area contributed by atoms with Crippen LogP contribution in [-0.4, -0.2) is 20.2 Å². The molecule has 2 N–H and O–H groups in total. The molecule has 1 heterocycles.